The first-order chi connectivity index (χ1) is 9.85. The first-order valence-corrected chi connectivity index (χ1v) is 6.11. The lowest BCUT2D eigenvalue weighted by Gasteiger charge is -2.21. The van der Waals surface area contributed by atoms with E-state index in [4.69, 9.17) is 21.8 Å². The Morgan fingerprint density at radius 3 is 1.95 bits per heavy atom. The molecule has 0 bridgehead atoms. The molecule has 0 heterocycles. The standard InChI is InChI=1S/C12H11ClF6O3/c1-22-9-7(4-12(17,18)19)6(10(20)21)2-5(8(9)13)3-11(14,15)16/h2,10,20-21H,3-4H2,1H3. The molecule has 1 rings (SSSR count). The topological polar surface area (TPSA) is 49.7 Å². The summed E-state index contributed by atoms with van der Waals surface area (Å²) in [6, 6.07) is 0.587. The van der Waals surface area contributed by atoms with E-state index in [2.05, 4.69) is 4.74 Å². The van der Waals surface area contributed by atoms with E-state index in [0.717, 1.165) is 7.11 Å². The Bertz CT molecular complexity index is 539. The van der Waals surface area contributed by atoms with Gasteiger partial charge in [0.1, 0.15) is 5.75 Å². The maximum absolute atomic E-state index is 12.6. The minimum absolute atomic E-state index is 0.587. The monoisotopic (exact) mass is 352 g/mol. The lowest BCUT2D eigenvalue weighted by atomic mass is 9.97. The number of aliphatic hydroxyl groups excluding tert-OH is 1. The molecule has 0 saturated carbocycles. The van der Waals surface area contributed by atoms with Crippen molar-refractivity contribution in [2.45, 2.75) is 31.5 Å². The summed E-state index contributed by atoms with van der Waals surface area (Å²) in [6.07, 6.45) is -15.0. The number of hydrogen-bond donors (Lipinski definition) is 2. The minimum atomic E-state index is -4.74. The lowest BCUT2D eigenvalue weighted by molar-refractivity contribution is -0.129. The predicted molar refractivity (Wildman–Crippen MR) is 64.7 cm³/mol. The van der Waals surface area contributed by atoms with Crippen LogP contribution in [0.1, 0.15) is 23.0 Å². The summed E-state index contributed by atoms with van der Waals surface area (Å²) >= 11 is 5.67. The van der Waals surface area contributed by atoms with Crippen LogP contribution in [0.3, 0.4) is 0 Å². The largest absolute Gasteiger partial charge is 0.495 e. The van der Waals surface area contributed by atoms with Gasteiger partial charge < -0.3 is 14.9 Å². The van der Waals surface area contributed by atoms with Gasteiger partial charge in [-0.05, 0) is 11.6 Å². The molecule has 3 nitrogen and oxygen atoms in total. The summed E-state index contributed by atoms with van der Waals surface area (Å²) in [4.78, 5) is 0. The third-order valence-electron chi connectivity index (χ3n) is 2.68. The number of halogens is 7. The van der Waals surface area contributed by atoms with Crippen LogP contribution in [0.15, 0.2) is 6.07 Å². The molecule has 1 aromatic rings. The quantitative estimate of drug-likeness (QED) is 0.643. The molecule has 0 unspecified atom stereocenters. The summed E-state index contributed by atoms with van der Waals surface area (Å²) < 4.78 is 79.7. The van der Waals surface area contributed by atoms with Crippen molar-refractivity contribution in [1.82, 2.24) is 0 Å². The van der Waals surface area contributed by atoms with E-state index >= 15 is 0 Å². The van der Waals surface area contributed by atoms with E-state index in [0.29, 0.717) is 6.07 Å². The Morgan fingerprint density at radius 1 is 1.09 bits per heavy atom. The van der Waals surface area contributed by atoms with Crippen LogP contribution in [0.2, 0.25) is 5.02 Å². The van der Waals surface area contributed by atoms with Crippen LogP contribution in [0.25, 0.3) is 0 Å². The van der Waals surface area contributed by atoms with Crippen molar-refractivity contribution >= 4 is 11.6 Å². The molecule has 0 aliphatic heterocycles. The van der Waals surface area contributed by atoms with Gasteiger partial charge in [-0.25, -0.2) is 0 Å². The maximum Gasteiger partial charge on any atom is 0.393 e. The maximum atomic E-state index is 12.6. The lowest BCUT2D eigenvalue weighted by Crippen LogP contribution is -2.18. The normalized spacial score (nSPS) is 12.9. The van der Waals surface area contributed by atoms with Gasteiger partial charge in [0.05, 0.1) is 25.0 Å². The van der Waals surface area contributed by atoms with Gasteiger partial charge >= 0.3 is 12.4 Å². The summed E-state index contributed by atoms with van der Waals surface area (Å²) in [7, 11) is 0.923. The molecule has 1 aromatic carbocycles. The molecule has 22 heavy (non-hydrogen) atoms. The molecule has 0 fully saturated rings. The molecule has 0 amide bonds. The molecule has 0 aliphatic rings. The molecular formula is C12H11ClF6O3. The Morgan fingerprint density at radius 2 is 1.59 bits per heavy atom. The molecule has 0 atom stereocenters. The van der Waals surface area contributed by atoms with E-state index in [1.54, 1.807) is 0 Å². The van der Waals surface area contributed by atoms with Crippen LogP contribution in [-0.2, 0) is 12.8 Å². The fourth-order valence-corrected chi connectivity index (χ4v) is 2.23. The van der Waals surface area contributed by atoms with Crippen LogP contribution in [-0.4, -0.2) is 29.7 Å². The number of hydrogen-bond acceptors (Lipinski definition) is 3. The number of ether oxygens (including phenoxy) is 1. The van der Waals surface area contributed by atoms with Gasteiger partial charge in [0.25, 0.3) is 0 Å². The molecule has 0 aliphatic carbocycles. The molecule has 10 heteroatoms. The minimum Gasteiger partial charge on any atom is -0.495 e. The number of rotatable bonds is 4. The highest BCUT2D eigenvalue weighted by Gasteiger charge is 2.35. The average molecular weight is 353 g/mol. The van der Waals surface area contributed by atoms with E-state index in [1.165, 1.54) is 0 Å². The molecule has 0 aromatic heterocycles. The fourth-order valence-electron chi connectivity index (χ4n) is 1.92. The SMILES string of the molecule is COc1c(Cl)c(CC(F)(F)F)cc(C(O)O)c1CC(F)(F)F. The van der Waals surface area contributed by atoms with Crippen molar-refractivity contribution in [2.24, 2.45) is 0 Å². The van der Waals surface area contributed by atoms with Crippen LogP contribution in [0.4, 0.5) is 26.3 Å². The zero-order valence-corrected chi connectivity index (χ0v) is 11.8. The van der Waals surface area contributed by atoms with Crippen LogP contribution >= 0.6 is 11.6 Å². The number of methoxy groups -OCH3 is 1. The zero-order chi connectivity index (χ0) is 17.3. The Labute approximate surface area is 126 Å². The summed E-state index contributed by atoms with van der Waals surface area (Å²) in [5, 5.41) is 17.6. The van der Waals surface area contributed by atoms with Crippen molar-refractivity contribution in [1.29, 1.82) is 0 Å². The highest BCUT2D eigenvalue weighted by molar-refractivity contribution is 6.33. The summed E-state index contributed by atoms with van der Waals surface area (Å²) in [5.74, 6) is -0.663. The Kier molecular flexibility index (Phi) is 5.58. The van der Waals surface area contributed by atoms with Crippen LogP contribution in [0.5, 0.6) is 5.75 Å². The van der Waals surface area contributed by atoms with Gasteiger partial charge in [0.15, 0.2) is 6.29 Å². The van der Waals surface area contributed by atoms with Crippen molar-refractivity contribution < 1.29 is 41.3 Å². The smallest absolute Gasteiger partial charge is 0.393 e. The molecule has 0 saturated heterocycles. The second kappa shape index (κ2) is 6.51. The van der Waals surface area contributed by atoms with Crippen molar-refractivity contribution in [3.05, 3.63) is 27.8 Å². The molecule has 126 valence electrons. The van der Waals surface area contributed by atoms with Crippen LogP contribution < -0.4 is 4.74 Å². The number of benzene rings is 1. The van der Waals surface area contributed by atoms with Gasteiger partial charge in [-0.2, -0.15) is 26.3 Å². The second-order valence-electron chi connectivity index (χ2n) is 4.41. The van der Waals surface area contributed by atoms with Crippen molar-refractivity contribution in [2.75, 3.05) is 7.11 Å². The van der Waals surface area contributed by atoms with Crippen molar-refractivity contribution in [3.63, 3.8) is 0 Å². The molecule has 0 spiro atoms. The van der Waals surface area contributed by atoms with Crippen molar-refractivity contribution in [3.8, 4) is 5.75 Å². The van der Waals surface area contributed by atoms with Gasteiger partial charge in [-0.1, -0.05) is 11.6 Å². The third kappa shape index (κ3) is 4.92. The average Bonchev–Trinajstić information content (AvgIpc) is 2.29. The Balaban J connectivity index is 3.53. The second-order valence-corrected chi connectivity index (χ2v) is 4.79. The first kappa shape index (κ1) is 18.9. The summed E-state index contributed by atoms with van der Waals surface area (Å²) in [6.45, 7) is 0. The molecule has 2 N–H and O–H groups in total. The first-order valence-electron chi connectivity index (χ1n) is 5.73. The van der Waals surface area contributed by atoms with Crippen LogP contribution in [0, 0.1) is 0 Å². The number of aliphatic hydroxyl groups is 2. The highest BCUT2D eigenvalue weighted by atomic mass is 35.5. The number of alkyl halides is 6. The van der Waals surface area contributed by atoms with E-state index in [1.807, 2.05) is 0 Å². The molecule has 0 radical (unpaired) electrons. The summed E-state index contributed by atoms with van der Waals surface area (Å²) in [5.41, 5.74) is -2.07. The van der Waals surface area contributed by atoms with Gasteiger partial charge in [-0.15, -0.1) is 0 Å². The predicted octanol–water partition coefficient (Wildman–Crippen LogP) is 3.54. The highest BCUT2D eigenvalue weighted by Crippen LogP contribution is 2.41. The van der Waals surface area contributed by atoms with E-state index in [-0.39, 0.29) is 0 Å². The van der Waals surface area contributed by atoms with Gasteiger partial charge in [0, 0.05) is 11.1 Å². The van der Waals surface area contributed by atoms with Gasteiger partial charge in [0.2, 0.25) is 0 Å². The molecular weight excluding hydrogens is 342 g/mol. The van der Waals surface area contributed by atoms with E-state index < -0.39 is 58.9 Å². The Hall–Kier alpha value is -1.19. The van der Waals surface area contributed by atoms with E-state index in [9.17, 15) is 26.3 Å². The third-order valence-corrected chi connectivity index (χ3v) is 3.10. The van der Waals surface area contributed by atoms with Gasteiger partial charge in [-0.3, -0.25) is 0 Å². The fraction of sp³-hybridized carbons (Fsp3) is 0.500. The zero-order valence-electron chi connectivity index (χ0n) is 11.0.